The number of hydrazine groups is 1. The fourth-order valence-electron chi connectivity index (χ4n) is 3.72. The Bertz CT molecular complexity index is 1510. The summed E-state index contributed by atoms with van der Waals surface area (Å²) < 4.78 is 82.6. The topological polar surface area (TPSA) is 120 Å². The van der Waals surface area contributed by atoms with Crippen LogP contribution in [0.25, 0.3) is 16.8 Å². The lowest BCUT2D eigenvalue weighted by molar-refractivity contribution is -0.274. The van der Waals surface area contributed by atoms with Crippen molar-refractivity contribution in [3.8, 4) is 16.9 Å². The Morgan fingerprint density at radius 2 is 1.63 bits per heavy atom. The summed E-state index contributed by atoms with van der Waals surface area (Å²) in [4.78, 5) is 4.73. The lowest BCUT2D eigenvalue weighted by Gasteiger charge is -2.25. The van der Waals surface area contributed by atoms with E-state index >= 15 is 0 Å². The molecule has 0 saturated carbocycles. The summed E-state index contributed by atoms with van der Waals surface area (Å²) in [6.07, 6.45) is -1.19. The zero-order valence-corrected chi connectivity index (χ0v) is 23.1. The lowest BCUT2D eigenvalue weighted by atomic mass is 10.0. The van der Waals surface area contributed by atoms with E-state index < -0.39 is 34.5 Å². The highest BCUT2D eigenvalue weighted by Gasteiger charge is 2.31. The van der Waals surface area contributed by atoms with Gasteiger partial charge in [-0.25, -0.2) is 10.8 Å². The van der Waals surface area contributed by atoms with Crippen LogP contribution in [-0.2, 0) is 10.8 Å². The Balaban J connectivity index is 2.19. The van der Waals surface area contributed by atoms with Gasteiger partial charge >= 0.3 is 6.36 Å². The number of anilines is 1. The van der Waals surface area contributed by atoms with Crippen LogP contribution in [0.1, 0.15) is 19.4 Å². The molecular formula is C28H28F5N5O2S. The standard InChI is InChI=1S/C28H28F5N5O2S/c1-17(35)13-26(27(2,29)30)37-23-12-9-20(19-5-4-6-22(14-19)41(3)39)15-24(23)38(36)25(16-34)18-7-10-21(11-8-18)40-28(31,32)33/h4-16H,34-36H2,1-3H3/b17-13?,25-16-,37-26?. The van der Waals surface area contributed by atoms with Gasteiger partial charge in [-0.3, -0.25) is 9.22 Å². The third-order valence-corrected chi connectivity index (χ3v) is 6.51. The molecule has 0 aliphatic rings. The number of alkyl halides is 5. The van der Waals surface area contributed by atoms with Crippen LogP contribution in [-0.4, -0.2) is 28.5 Å². The second kappa shape index (κ2) is 12.5. The van der Waals surface area contributed by atoms with E-state index in [0.29, 0.717) is 28.5 Å². The zero-order chi connectivity index (χ0) is 30.5. The summed E-state index contributed by atoms with van der Waals surface area (Å²) in [5.41, 5.74) is 12.8. The predicted molar refractivity (Wildman–Crippen MR) is 152 cm³/mol. The first kappa shape index (κ1) is 31.3. The molecule has 1 atom stereocenters. The van der Waals surface area contributed by atoms with Crippen molar-refractivity contribution < 1.29 is 30.9 Å². The van der Waals surface area contributed by atoms with E-state index in [1.165, 1.54) is 31.4 Å². The normalized spacial score (nSPS) is 14.1. The molecule has 0 amide bonds. The number of ether oxygens (including phenoxy) is 1. The molecule has 0 spiro atoms. The number of nitrogens with zero attached hydrogens (tertiary/aromatic N) is 2. The first-order valence-electron chi connectivity index (χ1n) is 11.9. The third kappa shape index (κ3) is 8.38. The van der Waals surface area contributed by atoms with Gasteiger partial charge in [0.2, 0.25) is 0 Å². The Kier molecular flexibility index (Phi) is 9.56. The summed E-state index contributed by atoms with van der Waals surface area (Å²) in [5.74, 6) is 2.64. The molecule has 0 aromatic heterocycles. The van der Waals surface area contributed by atoms with Gasteiger partial charge in [-0.2, -0.15) is 8.78 Å². The van der Waals surface area contributed by atoms with Crippen LogP contribution in [0.4, 0.5) is 33.3 Å². The van der Waals surface area contributed by atoms with Gasteiger partial charge in [-0.05, 0) is 72.7 Å². The number of nitrogens with two attached hydrogens (primary N) is 3. The van der Waals surface area contributed by atoms with E-state index in [1.54, 1.807) is 36.4 Å². The molecule has 13 heteroatoms. The van der Waals surface area contributed by atoms with E-state index in [9.17, 15) is 26.2 Å². The largest absolute Gasteiger partial charge is 0.573 e. The quantitative estimate of drug-likeness (QED) is 0.117. The first-order valence-corrected chi connectivity index (χ1v) is 13.5. The molecule has 3 aromatic rings. The van der Waals surface area contributed by atoms with Gasteiger partial charge in [-0.1, -0.05) is 18.2 Å². The summed E-state index contributed by atoms with van der Waals surface area (Å²) >= 11 is 0. The van der Waals surface area contributed by atoms with Gasteiger partial charge in [0.1, 0.15) is 11.5 Å². The van der Waals surface area contributed by atoms with Crippen molar-refractivity contribution in [3.63, 3.8) is 0 Å². The van der Waals surface area contributed by atoms with Crippen molar-refractivity contribution in [2.24, 2.45) is 22.3 Å². The zero-order valence-electron chi connectivity index (χ0n) is 22.2. The van der Waals surface area contributed by atoms with Crippen molar-refractivity contribution >= 4 is 33.6 Å². The maximum Gasteiger partial charge on any atom is 0.573 e. The Morgan fingerprint density at radius 3 is 2.17 bits per heavy atom. The van der Waals surface area contributed by atoms with E-state index in [1.807, 2.05) is 0 Å². The van der Waals surface area contributed by atoms with Crippen LogP contribution < -0.4 is 27.1 Å². The number of allylic oxidation sites excluding steroid dienone is 2. The number of benzene rings is 3. The maximum absolute atomic E-state index is 14.4. The Morgan fingerprint density at radius 1 is 1.00 bits per heavy atom. The maximum atomic E-state index is 14.4. The number of aliphatic imine (C=N–C) groups is 1. The lowest BCUT2D eigenvalue weighted by Crippen LogP contribution is -2.30. The molecule has 6 N–H and O–H groups in total. The van der Waals surface area contributed by atoms with Gasteiger partial charge in [0.25, 0.3) is 5.92 Å². The number of rotatable bonds is 9. The van der Waals surface area contributed by atoms with Gasteiger partial charge in [0.15, 0.2) is 0 Å². The van der Waals surface area contributed by atoms with Gasteiger partial charge < -0.3 is 16.2 Å². The Labute approximate surface area is 236 Å². The molecule has 41 heavy (non-hydrogen) atoms. The van der Waals surface area contributed by atoms with Gasteiger partial charge in [0.05, 0.1) is 17.1 Å². The molecule has 1 unspecified atom stereocenters. The molecular weight excluding hydrogens is 565 g/mol. The van der Waals surface area contributed by atoms with E-state index in [-0.39, 0.29) is 22.8 Å². The van der Waals surface area contributed by atoms with Crippen molar-refractivity contribution in [2.45, 2.75) is 31.0 Å². The first-order chi connectivity index (χ1) is 19.1. The van der Waals surface area contributed by atoms with Crippen LogP contribution in [0.5, 0.6) is 5.75 Å². The fourth-order valence-corrected chi connectivity index (χ4v) is 4.28. The second-order valence-corrected chi connectivity index (χ2v) is 10.3. The van der Waals surface area contributed by atoms with Crippen molar-refractivity contribution in [2.75, 3.05) is 11.3 Å². The highest BCUT2D eigenvalue weighted by molar-refractivity contribution is 7.84. The van der Waals surface area contributed by atoms with Crippen LogP contribution >= 0.6 is 0 Å². The average molecular weight is 594 g/mol. The molecule has 218 valence electrons. The SMILES string of the molecule is CC(N)=CC(=Nc1ccc(-c2cccc(S(C)=O)c2)cc1N(N)/C(=C\N)c1ccc(OC(F)(F)F)cc1)C(C)(F)F. The Hall–Kier alpha value is -4.23. The van der Waals surface area contributed by atoms with Crippen molar-refractivity contribution in [1.29, 1.82) is 0 Å². The highest BCUT2D eigenvalue weighted by Crippen LogP contribution is 2.38. The minimum absolute atomic E-state index is 0.0249. The number of hydrogen-bond acceptors (Lipinski definition) is 7. The number of hydrogen-bond donors (Lipinski definition) is 3. The third-order valence-electron chi connectivity index (χ3n) is 5.59. The van der Waals surface area contributed by atoms with E-state index in [4.69, 9.17) is 17.3 Å². The second-order valence-electron chi connectivity index (χ2n) is 8.95. The summed E-state index contributed by atoms with van der Waals surface area (Å²) in [7, 11) is -1.26. The summed E-state index contributed by atoms with van der Waals surface area (Å²) in [6.45, 7) is 2.11. The molecule has 3 aromatic carbocycles. The number of halogens is 5. The molecule has 0 fully saturated rings. The molecule has 0 radical (unpaired) electrons. The summed E-state index contributed by atoms with van der Waals surface area (Å²) in [6, 6.07) is 16.4. The predicted octanol–water partition coefficient (Wildman–Crippen LogP) is 6.22. The van der Waals surface area contributed by atoms with Gasteiger partial charge in [-0.15, -0.1) is 13.2 Å². The van der Waals surface area contributed by atoms with E-state index in [0.717, 1.165) is 29.4 Å². The van der Waals surface area contributed by atoms with Crippen molar-refractivity contribution in [1.82, 2.24) is 0 Å². The average Bonchev–Trinajstić information content (AvgIpc) is 2.88. The minimum atomic E-state index is -4.88. The van der Waals surface area contributed by atoms with Crippen LogP contribution in [0, 0.1) is 0 Å². The molecule has 7 nitrogen and oxygen atoms in total. The minimum Gasteiger partial charge on any atom is -0.406 e. The molecule has 0 aliphatic carbocycles. The molecule has 3 rings (SSSR count). The highest BCUT2D eigenvalue weighted by atomic mass is 32.2. The van der Waals surface area contributed by atoms with Crippen LogP contribution in [0.15, 0.2) is 94.6 Å². The van der Waals surface area contributed by atoms with E-state index in [2.05, 4.69) is 9.73 Å². The monoisotopic (exact) mass is 593 g/mol. The molecule has 0 bridgehead atoms. The van der Waals surface area contributed by atoms with Gasteiger partial charge in [0, 0.05) is 46.3 Å². The molecule has 0 saturated heterocycles. The smallest absolute Gasteiger partial charge is 0.406 e. The van der Waals surface area contributed by atoms with Crippen molar-refractivity contribution in [3.05, 3.63) is 90.3 Å². The molecule has 0 heterocycles. The van der Waals surface area contributed by atoms with Crippen LogP contribution in [0.3, 0.4) is 0 Å². The summed E-state index contributed by atoms with van der Waals surface area (Å²) in [5, 5.41) is 1.08. The fraction of sp³-hybridized carbons (Fsp3) is 0.179. The van der Waals surface area contributed by atoms with Crippen LogP contribution in [0.2, 0.25) is 0 Å². The molecule has 0 aliphatic heterocycles.